The van der Waals surface area contributed by atoms with Crippen molar-refractivity contribution in [1.29, 1.82) is 0 Å². The highest BCUT2D eigenvalue weighted by molar-refractivity contribution is 9.10. The Morgan fingerprint density at radius 1 is 1.07 bits per heavy atom. The van der Waals surface area contributed by atoms with Gasteiger partial charge in [-0.15, -0.1) is 11.3 Å². The van der Waals surface area contributed by atoms with Crippen LogP contribution < -0.4 is 15.4 Å². The van der Waals surface area contributed by atoms with Crippen molar-refractivity contribution in [3.8, 4) is 17.0 Å². The van der Waals surface area contributed by atoms with E-state index >= 15 is 0 Å². The van der Waals surface area contributed by atoms with Gasteiger partial charge in [-0.3, -0.25) is 14.9 Å². The molecule has 8 heteroatoms. The molecule has 0 saturated heterocycles. The maximum Gasteiger partial charge on any atom is 0.266 e. The van der Waals surface area contributed by atoms with E-state index in [1.165, 1.54) is 18.3 Å². The molecular formula is C20H18BrN3O3S. The first-order valence-corrected chi connectivity index (χ1v) is 10.1. The van der Waals surface area contributed by atoms with Crippen LogP contribution in [0.4, 0.5) is 10.8 Å². The number of hydrogen-bond donors (Lipinski definition) is 2. The van der Waals surface area contributed by atoms with E-state index < -0.39 is 6.10 Å². The van der Waals surface area contributed by atoms with Crippen LogP contribution in [0.3, 0.4) is 0 Å². The van der Waals surface area contributed by atoms with Gasteiger partial charge in [0.05, 0.1) is 5.69 Å². The summed E-state index contributed by atoms with van der Waals surface area (Å²) >= 11 is 4.70. The lowest BCUT2D eigenvalue weighted by Gasteiger charge is -2.13. The lowest BCUT2D eigenvalue weighted by Crippen LogP contribution is -2.30. The minimum Gasteiger partial charge on any atom is -0.481 e. The molecule has 0 radical (unpaired) electrons. The van der Waals surface area contributed by atoms with Gasteiger partial charge in [0, 0.05) is 28.0 Å². The topological polar surface area (TPSA) is 80.3 Å². The van der Waals surface area contributed by atoms with Crippen molar-refractivity contribution in [2.75, 3.05) is 10.6 Å². The molecule has 1 atom stereocenters. The van der Waals surface area contributed by atoms with Gasteiger partial charge < -0.3 is 10.1 Å². The highest BCUT2D eigenvalue weighted by atomic mass is 79.9. The number of hydrogen-bond acceptors (Lipinski definition) is 5. The van der Waals surface area contributed by atoms with Gasteiger partial charge in [0.15, 0.2) is 11.2 Å². The number of nitrogens with zero attached hydrogens (tertiary/aromatic N) is 1. The molecule has 2 aromatic carbocycles. The molecule has 0 bridgehead atoms. The average molecular weight is 460 g/mol. The number of anilines is 2. The maximum absolute atomic E-state index is 12.4. The number of carbonyl (C=O) groups is 2. The predicted octanol–water partition coefficient (Wildman–Crippen LogP) is 4.94. The fraction of sp³-hybridized carbons (Fsp3) is 0.150. The summed E-state index contributed by atoms with van der Waals surface area (Å²) in [7, 11) is 0. The molecule has 1 unspecified atom stereocenters. The third-order valence-corrected chi connectivity index (χ3v) is 5.02. The fourth-order valence-corrected chi connectivity index (χ4v) is 3.36. The minimum absolute atomic E-state index is 0.120. The molecule has 2 amide bonds. The lowest BCUT2D eigenvalue weighted by molar-refractivity contribution is -0.122. The molecular weight excluding hydrogens is 442 g/mol. The summed E-state index contributed by atoms with van der Waals surface area (Å²) in [5.41, 5.74) is 2.36. The van der Waals surface area contributed by atoms with Gasteiger partial charge in [-0.25, -0.2) is 4.98 Å². The van der Waals surface area contributed by atoms with Crippen LogP contribution in [0.1, 0.15) is 13.8 Å². The van der Waals surface area contributed by atoms with Crippen LogP contribution in [0.15, 0.2) is 58.4 Å². The molecule has 2 N–H and O–H groups in total. The molecule has 0 spiro atoms. The van der Waals surface area contributed by atoms with E-state index in [0.717, 1.165) is 21.4 Å². The third kappa shape index (κ3) is 5.40. The standard InChI is InChI=1S/C20H18BrN3O3S/c1-12(27-17-9-5-15(21)6-10-17)19(26)24-20-23-18(11-28-20)14-3-7-16(8-4-14)22-13(2)25/h3-12H,1-2H3,(H,22,25)(H,23,24,26). The van der Waals surface area contributed by atoms with Crippen molar-refractivity contribution in [3.05, 3.63) is 58.4 Å². The van der Waals surface area contributed by atoms with Crippen LogP contribution in [0.2, 0.25) is 0 Å². The van der Waals surface area contributed by atoms with Gasteiger partial charge in [0.25, 0.3) is 5.91 Å². The molecule has 3 aromatic rings. The van der Waals surface area contributed by atoms with E-state index in [0.29, 0.717) is 10.9 Å². The second kappa shape index (κ2) is 8.99. The zero-order valence-electron chi connectivity index (χ0n) is 15.2. The van der Waals surface area contributed by atoms with Crippen molar-refractivity contribution in [2.45, 2.75) is 20.0 Å². The zero-order valence-corrected chi connectivity index (χ0v) is 17.6. The molecule has 0 aliphatic rings. The van der Waals surface area contributed by atoms with Crippen molar-refractivity contribution in [1.82, 2.24) is 4.98 Å². The van der Waals surface area contributed by atoms with E-state index in [2.05, 4.69) is 31.5 Å². The highest BCUT2D eigenvalue weighted by Crippen LogP contribution is 2.26. The fourth-order valence-electron chi connectivity index (χ4n) is 2.37. The first kappa shape index (κ1) is 20.0. The lowest BCUT2D eigenvalue weighted by atomic mass is 10.1. The molecule has 6 nitrogen and oxygen atoms in total. The third-order valence-electron chi connectivity index (χ3n) is 3.73. The number of amides is 2. The van der Waals surface area contributed by atoms with Gasteiger partial charge in [0.1, 0.15) is 5.75 Å². The minimum atomic E-state index is -0.662. The van der Waals surface area contributed by atoms with Crippen LogP contribution in [-0.4, -0.2) is 22.9 Å². The first-order valence-electron chi connectivity index (χ1n) is 8.47. The van der Waals surface area contributed by atoms with Crippen LogP contribution in [0.5, 0.6) is 5.75 Å². The second-order valence-electron chi connectivity index (χ2n) is 6.00. The number of carbonyl (C=O) groups excluding carboxylic acids is 2. The molecule has 0 saturated carbocycles. The molecule has 1 heterocycles. The Morgan fingerprint density at radius 2 is 1.75 bits per heavy atom. The van der Waals surface area contributed by atoms with Crippen LogP contribution in [0, 0.1) is 0 Å². The van der Waals surface area contributed by atoms with E-state index in [9.17, 15) is 9.59 Å². The zero-order chi connectivity index (χ0) is 20.1. The SMILES string of the molecule is CC(=O)Nc1ccc(-c2csc(NC(=O)C(C)Oc3ccc(Br)cc3)n2)cc1. The van der Waals surface area contributed by atoms with Gasteiger partial charge >= 0.3 is 0 Å². The van der Waals surface area contributed by atoms with Gasteiger partial charge in [-0.1, -0.05) is 28.1 Å². The number of halogens is 1. The summed E-state index contributed by atoms with van der Waals surface area (Å²) in [4.78, 5) is 27.9. The average Bonchev–Trinajstić information content (AvgIpc) is 3.12. The van der Waals surface area contributed by atoms with Crippen molar-refractivity contribution < 1.29 is 14.3 Å². The number of aromatic nitrogens is 1. The Kier molecular flexibility index (Phi) is 6.43. The molecule has 28 heavy (non-hydrogen) atoms. The second-order valence-corrected chi connectivity index (χ2v) is 7.77. The summed E-state index contributed by atoms with van der Waals surface area (Å²) in [5.74, 6) is 0.223. The Bertz CT molecular complexity index is 971. The smallest absolute Gasteiger partial charge is 0.266 e. The Balaban J connectivity index is 1.61. The molecule has 0 fully saturated rings. The van der Waals surface area contributed by atoms with Crippen molar-refractivity contribution in [2.24, 2.45) is 0 Å². The van der Waals surface area contributed by atoms with Crippen molar-refractivity contribution in [3.63, 3.8) is 0 Å². The molecule has 0 aliphatic heterocycles. The summed E-state index contributed by atoms with van der Waals surface area (Å²) in [6.45, 7) is 3.15. The summed E-state index contributed by atoms with van der Waals surface area (Å²) in [6, 6.07) is 14.6. The largest absolute Gasteiger partial charge is 0.481 e. The van der Waals surface area contributed by atoms with Crippen LogP contribution in [-0.2, 0) is 9.59 Å². The van der Waals surface area contributed by atoms with Crippen LogP contribution >= 0.6 is 27.3 Å². The normalized spacial score (nSPS) is 11.5. The summed E-state index contributed by atoms with van der Waals surface area (Å²) in [6.07, 6.45) is -0.662. The van der Waals surface area contributed by atoms with Crippen LogP contribution in [0.25, 0.3) is 11.3 Å². The summed E-state index contributed by atoms with van der Waals surface area (Å²) in [5, 5.41) is 7.86. The van der Waals surface area contributed by atoms with E-state index in [-0.39, 0.29) is 11.8 Å². The predicted molar refractivity (Wildman–Crippen MR) is 115 cm³/mol. The maximum atomic E-state index is 12.4. The van der Waals surface area contributed by atoms with Gasteiger partial charge in [-0.2, -0.15) is 0 Å². The monoisotopic (exact) mass is 459 g/mol. The number of ether oxygens (including phenoxy) is 1. The Morgan fingerprint density at radius 3 is 2.39 bits per heavy atom. The number of benzene rings is 2. The molecule has 1 aromatic heterocycles. The number of thiazole rings is 1. The first-order chi connectivity index (χ1) is 13.4. The Labute approximate surface area is 175 Å². The number of nitrogens with one attached hydrogen (secondary N) is 2. The van der Waals surface area contributed by atoms with E-state index in [4.69, 9.17) is 4.74 Å². The Hall–Kier alpha value is -2.71. The van der Waals surface area contributed by atoms with E-state index in [1.807, 2.05) is 41.8 Å². The number of rotatable bonds is 6. The van der Waals surface area contributed by atoms with Crippen molar-refractivity contribution >= 4 is 49.9 Å². The molecule has 144 valence electrons. The van der Waals surface area contributed by atoms with Gasteiger partial charge in [-0.05, 0) is 43.3 Å². The van der Waals surface area contributed by atoms with Gasteiger partial charge in [0.2, 0.25) is 5.91 Å². The molecule has 0 aliphatic carbocycles. The van der Waals surface area contributed by atoms with E-state index in [1.54, 1.807) is 19.1 Å². The summed E-state index contributed by atoms with van der Waals surface area (Å²) < 4.78 is 6.59. The molecule has 3 rings (SSSR count). The quantitative estimate of drug-likeness (QED) is 0.546. The highest BCUT2D eigenvalue weighted by Gasteiger charge is 2.16.